The zero-order valence-corrected chi connectivity index (χ0v) is 8.02. The van der Waals surface area contributed by atoms with Crippen molar-refractivity contribution in [1.29, 1.82) is 0 Å². The molecule has 1 N–H and O–H groups in total. The quantitative estimate of drug-likeness (QED) is 0.821. The fourth-order valence-electron chi connectivity index (χ4n) is 0.503. The number of halogens is 2. The predicted molar refractivity (Wildman–Crippen MR) is 46.5 cm³/mol. The smallest absolute Gasteiger partial charge is 0.364 e. The van der Waals surface area contributed by atoms with Crippen LogP contribution in [0.3, 0.4) is 0 Å². The number of carboxylic acids is 1. The van der Waals surface area contributed by atoms with E-state index in [0.29, 0.717) is 9.61 Å². The second-order valence-corrected chi connectivity index (χ2v) is 3.51. The Hall–Kier alpha value is -0.750. The van der Waals surface area contributed by atoms with Gasteiger partial charge in [0.2, 0.25) is 5.83 Å². The molecule has 3 nitrogen and oxygen atoms in total. The van der Waals surface area contributed by atoms with Crippen molar-refractivity contribution in [3.63, 3.8) is 0 Å². The van der Waals surface area contributed by atoms with Crippen molar-refractivity contribution in [2.75, 3.05) is 0 Å². The number of nitrogens with zero attached hydrogens (tertiary/aromatic N) is 1. The Morgan fingerprint density at radius 3 is 2.92 bits per heavy atom. The Morgan fingerprint density at radius 1 is 1.83 bits per heavy atom. The molecule has 0 amide bonds. The summed E-state index contributed by atoms with van der Waals surface area (Å²) in [4.78, 5) is 13.8. The first-order valence-corrected chi connectivity index (χ1v) is 4.48. The first-order chi connectivity index (χ1) is 5.59. The SMILES string of the molecule is O=C(O)/C(F)=C/c1nc(Br)cs1. The number of aliphatic carboxylic acids is 1. The third-order valence-corrected chi connectivity index (χ3v) is 2.45. The standard InChI is InChI=1S/C6H3BrFNO2S/c7-4-2-12-5(9-4)1-3(8)6(10)11/h1-2H,(H,10,11)/b3-1-. The van der Waals surface area contributed by atoms with Gasteiger partial charge in [0.15, 0.2) is 0 Å². The number of thiazole rings is 1. The van der Waals surface area contributed by atoms with Gasteiger partial charge in [0.25, 0.3) is 0 Å². The molecule has 0 fully saturated rings. The summed E-state index contributed by atoms with van der Waals surface area (Å²) in [5.74, 6) is -2.79. The van der Waals surface area contributed by atoms with E-state index in [1.165, 1.54) is 0 Å². The summed E-state index contributed by atoms with van der Waals surface area (Å²) in [6.07, 6.45) is 0.873. The highest BCUT2D eigenvalue weighted by Gasteiger charge is 2.06. The van der Waals surface area contributed by atoms with Crippen LogP contribution in [0.25, 0.3) is 6.08 Å². The molecule has 64 valence electrons. The zero-order chi connectivity index (χ0) is 9.14. The van der Waals surface area contributed by atoms with E-state index >= 15 is 0 Å². The van der Waals surface area contributed by atoms with Crippen molar-refractivity contribution in [3.05, 3.63) is 20.8 Å². The molecule has 0 aliphatic rings. The summed E-state index contributed by atoms with van der Waals surface area (Å²) >= 11 is 4.22. The van der Waals surface area contributed by atoms with Gasteiger partial charge in [-0.25, -0.2) is 9.78 Å². The highest BCUT2D eigenvalue weighted by molar-refractivity contribution is 9.10. The van der Waals surface area contributed by atoms with E-state index in [0.717, 1.165) is 17.4 Å². The minimum absolute atomic E-state index is 0.321. The summed E-state index contributed by atoms with van der Waals surface area (Å²) in [6, 6.07) is 0. The summed E-state index contributed by atoms with van der Waals surface area (Å²) < 4.78 is 13.0. The van der Waals surface area contributed by atoms with Crippen molar-refractivity contribution in [1.82, 2.24) is 4.98 Å². The van der Waals surface area contributed by atoms with Gasteiger partial charge in [-0.3, -0.25) is 0 Å². The van der Waals surface area contributed by atoms with Gasteiger partial charge in [0, 0.05) is 11.5 Å². The van der Waals surface area contributed by atoms with E-state index in [1.807, 2.05) is 0 Å². The van der Waals surface area contributed by atoms with Crippen molar-refractivity contribution in [2.24, 2.45) is 0 Å². The van der Waals surface area contributed by atoms with Crippen LogP contribution in [0, 0.1) is 0 Å². The maximum Gasteiger partial charge on any atom is 0.364 e. The second-order valence-electron chi connectivity index (χ2n) is 1.81. The molecule has 12 heavy (non-hydrogen) atoms. The van der Waals surface area contributed by atoms with Gasteiger partial charge in [0.1, 0.15) is 9.61 Å². The number of carboxylic acid groups (broad SMARTS) is 1. The Morgan fingerprint density at radius 2 is 2.50 bits per heavy atom. The van der Waals surface area contributed by atoms with Crippen molar-refractivity contribution < 1.29 is 14.3 Å². The molecule has 1 rings (SSSR count). The molecule has 0 aliphatic carbocycles. The van der Waals surface area contributed by atoms with E-state index in [1.54, 1.807) is 5.38 Å². The van der Waals surface area contributed by atoms with Crippen molar-refractivity contribution in [2.45, 2.75) is 0 Å². The maximum atomic E-state index is 12.4. The maximum absolute atomic E-state index is 12.4. The monoisotopic (exact) mass is 251 g/mol. The van der Waals surface area contributed by atoms with Gasteiger partial charge < -0.3 is 5.11 Å². The number of hydrogen-bond acceptors (Lipinski definition) is 3. The molecule has 6 heteroatoms. The Balaban J connectivity index is 2.87. The molecule has 0 saturated carbocycles. The van der Waals surface area contributed by atoms with Crippen molar-refractivity contribution >= 4 is 39.3 Å². The van der Waals surface area contributed by atoms with Crippen LogP contribution in [0.4, 0.5) is 4.39 Å². The van der Waals surface area contributed by atoms with E-state index in [9.17, 15) is 9.18 Å². The molecule has 0 atom stereocenters. The summed E-state index contributed by atoms with van der Waals surface area (Å²) in [5.41, 5.74) is 0. The topological polar surface area (TPSA) is 50.2 Å². The van der Waals surface area contributed by atoms with Crippen LogP contribution in [-0.4, -0.2) is 16.1 Å². The Labute approximate surface area is 79.7 Å². The Kier molecular flexibility index (Phi) is 2.93. The van der Waals surface area contributed by atoms with E-state index in [-0.39, 0.29) is 0 Å². The van der Waals surface area contributed by atoms with Gasteiger partial charge in [-0.1, -0.05) is 0 Å². The number of rotatable bonds is 2. The number of aromatic nitrogens is 1. The highest BCUT2D eigenvalue weighted by Crippen LogP contribution is 2.17. The van der Waals surface area contributed by atoms with Crippen LogP contribution in [0.1, 0.15) is 5.01 Å². The summed E-state index contributed by atoms with van der Waals surface area (Å²) in [7, 11) is 0. The van der Waals surface area contributed by atoms with Crippen LogP contribution < -0.4 is 0 Å². The molecule has 0 bridgehead atoms. The lowest BCUT2D eigenvalue weighted by molar-refractivity contribution is -0.134. The highest BCUT2D eigenvalue weighted by atomic mass is 79.9. The van der Waals surface area contributed by atoms with E-state index in [4.69, 9.17) is 5.11 Å². The third-order valence-electron chi connectivity index (χ3n) is 0.948. The van der Waals surface area contributed by atoms with Crippen molar-refractivity contribution in [3.8, 4) is 0 Å². The van der Waals surface area contributed by atoms with Crippen LogP contribution in [0.2, 0.25) is 0 Å². The lowest BCUT2D eigenvalue weighted by atomic mass is 10.5. The van der Waals surface area contributed by atoms with Crippen LogP contribution >= 0.6 is 27.3 Å². The molecule has 0 saturated heterocycles. The fourth-order valence-corrected chi connectivity index (χ4v) is 1.69. The van der Waals surface area contributed by atoms with Crippen LogP contribution in [-0.2, 0) is 4.79 Å². The first-order valence-electron chi connectivity index (χ1n) is 2.81. The van der Waals surface area contributed by atoms with E-state index < -0.39 is 11.8 Å². The van der Waals surface area contributed by atoms with Gasteiger partial charge in [0.05, 0.1) is 0 Å². The molecule has 0 aliphatic heterocycles. The predicted octanol–water partition coefficient (Wildman–Crippen LogP) is 2.30. The third kappa shape index (κ3) is 2.38. The molecule has 0 aromatic carbocycles. The fraction of sp³-hybridized carbons (Fsp3) is 0. The number of carbonyl (C=O) groups is 1. The van der Waals surface area contributed by atoms with Gasteiger partial charge in [-0.15, -0.1) is 11.3 Å². The van der Waals surface area contributed by atoms with Crippen LogP contribution in [0.15, 0.2) is 15.8 Å². The molecule has 0 unspecified atom stereocenters. The molecule has 0 radical (unpaired) electrons. The summed E-state index contributed by atoms with van der Waals surface area (Å²) in [5, 5.41) is 10.1. The minimum Gasteiger partial charge on any atom is -0.476 e. The second kappa shape index (κ2) is 3.77. The van der Waals surface area contributed by atoms with Gasteiger partial charge in [-0.05, 0) is 15.9 Å². The number of hydrogen-bond donors (Lipinski definition) is 1. The largest absolute Gasteiger partial charge is 0.476 e. The molecule has 1 aromatic rings. The molecule has 0 spiro atoms. The molecular weight excluding hydrogens is 249 g/mol. The lowest BCUT2D eigenvalue weighted by Gasteiger charge is -1.84. The first kappa shape index (κ1) is 9.34. The lowest BCUT2D eigenvalue weighted by Crippen LogP contribution is -1.93. The average molecular weight is 252 g/mol. The normalized spacial score (nSPS) is 11.7. The van der Waals surface area contributed by atoms with Gasteiger partial charge in [-0.2, -0.15) is 4.39 Å². The van der Waals surface area contributed by atoms with Crippen LogP contribution in [0.5, 0.6) is 0 Å². The molecule has 1 aromatic heterocycles. The van der Waals surface area contributed by atoms with E-state index in [2.05, 4.69) is 20.9 Å². The Bertz CT molecular complexity index is 336. The molecule has 1 heterocycles. The minimum atomic E-state index is -1.58. The average Bonchev–Trinajstić information content (AvgIpc) is 2.35. The summed E-state index contributed by atoms with van der Waals surface area (Å²) in [6.45, 7) is 0. The van der Waals surface area contributed by atoms with Gasteiger partial charge >= 0.3 is 5.97 Å². The molecular formula is C6H3BrFNO2S. The zero-order valence-electron chi connectivity index (χ0n) is 5.62.